The van der Waals surface area contributed by atoms with Crippen LogP contribution in [-0.2, 0) is 4.79 Å². The summed E-state index contributed by atoms with van der Waals surface area (Å²) >= 11 is 11.1. The molecule has 1 amide bonds. The molecule has 5 nitrogen and oxygen atoms in total. The molecule has 2 aromatic carbocycles. The van der Waals surface area contributed by atoms with Crippen molar-refractivity contribution in [2.24, 2.45) is 5.92 Å². The lowest BCUT2D eigenvalue weighted by molar-refractivity contribution is -0.119. The average Bonchev–Trinajstić information content (AvgIpc) is 2.57. The third-order valence-corrected chi connectivity index (χ3v) is 4.39. The predicted molar refractivity (Wildman–Crippen MR) is 102 cm³/mol. The van der Waals surface area contributed by atoms with Crippen LogP contribution in [0.4, 0.5) is 5.69 Å². The first-order chi connectivity index (χ1) is 11.9. The van der Waals surface area contributed by atoms with E-state index in [-0.39, 0.29) is 11.7 Å². The zero-order chi connectivity index (χ0) is 18.0. The first kappa shape index (κ1) is 17.3. The van der Waals surface area contributed by atoms with Gasteiger partial charge in [0.15, 0.2) is 5.11 Å². The number of benzene rings is 2. The third-order valence-electron chi connectivity index (χ3n) is 3.92. The number of phenols is 1. The van der Waals surface area contributed by atoms with Crippen LogP contribution in [0.2, 0.25) is 5.02 Å². The molecular weight excluding hydrogens is 358 g/mol. The summed E-state index contributed by atoms with van der Waals surface area (Å²) in [5.74, 6) is -0.666. The fraction of sp³-hybridized carbons (Fsp3) is 0.111. The molecule has 0 radical (unpaired) electrons. The van der Waals surface area contributed by atoms with Gasteiger partial charge in [-0.05, 0) is 54.2 Å². The molecule has 7 heteroatoms. The number of amides is 1. The molecular formula is C18H16ClN3O2S. The van der Waals surface area contributed by atoms with E-state index in [1.807, 2.05) is 0 Å². The minimum Gasteiger partial charge on any atom is -0.508 e. The number of anilines is 1. The second-order valence-electron chi connectivity index (χ2n) is 5.67. The van der Waals surface area contributed by atoms with E-state index < -0.39 is 12.0 Å². The van der Waals surface area contributed by atoms with E-state index in [2.05, 4.69) is 22.5 Å². The van der Waals surface area contributed by atoms with Crippen molar-refractivity contribution in [1.82, 2.24) is 10.6 Å². The van der Waals surface area contributed by atoms with Crippen LogP contribution in [0.25, 0.3) is 0 Å². The molecule has 2 unspecified atom stereocenters. The molecule has 25 heavy (non-hydrogen) atoms. The van der Waals surface area contributed by atoms with Gasteiger partial charge >= 0.3 is 0 Å². The Kier molecular flexibility index (Phi) is 4.92. The largest absolute Gasteiger partial charge is 0.508 e. The second-order valence-corrected chi connectivity index (χ2v) is 6.51. The van der Waals surface area contributed by atoms with Crippen molar-refractivity contribution in [3.63, 3.8) is 0 Å². The Morgan fingerprint density at radius 2 is 1.80 bits per heavy atom. The van der Waals surface area contributed by atoms with Crippen LogP contribution in [0.3, 0.4) is 0 Å². The number of carbonyl (C=O) groups excluding carboxylic acids is 1. The molecule has 1 aliphatic heterocycles. The number of carbonyl (C=O) groups is 1. The van der Waals surface area contributed by atoms with Gasteiger partial charge in [0.1, 0.15) is 11.7 Å². The minimum atomic E-state index is -0.591. The van der Waals surface area contributed by atoms with Crippen LogP contribution in [0.5, 0.6) is 5.75 Å². The summed E-state index contributed by atoms with van der Waals surface area (Å²) in [5.41, 5.74) is 1.96. The quantitative estimate of drug-likeness (QED) is 0.621. The Balaban J connectivity index is 1.87. The van der Waals surface area contributed by atoms with Gasteiger partial charge in [-0.25, -0.2) is 0 Å². The predicted octanol–water partition coefficient (Wildman–Crippen LogP) is 3.33. The van der Waals surface area contributed by atoms with Crippen molar-refractivity contribution < 1.29 is 9.90 Å². The number of hydrogen-bond acceptors (Lipinski definition) is 3. The Hall–Kier alpha value is -2.57. The van der Waals surface area contributed by atoms with Crippen molar-refractivity contribution in [2.75, 3.05) is 5.32 Å². The van der Waals surface area contributed by atoms with Gasteiger partial charge in [-0.2, -0.15) is 0 Å². The maximum atomic E-state index is 12.8. The van der Waals surface area contributed by atoms with Gasteiger partial charge in [-0.1, -0.05) is 30.3 Å². The maximum absolute atomic E-state index is 12.8. The van der Waals surface area contributed by atoms with Gasteiger partial charge in [0, 0.05) is 16.4 Å². The average molecular weight is 374 g/mol. The molecule has 1 aliphatic rings. The van der Waals surface area contributed by atoms with Gasteiger partial charge in [-0.15, -0.1) is 0 Å². The van der Waals surface area contributed by atoms with Gasteiger partial charge < -0.3 is 21.1 Å². The van der Waals surface area contributed by atoms with E-state index in [1.165, 1.54) is 0 Å². The molecule has 0 saturated carbocycles. The molecule has 0 bridgehead atoms. The van der Waals surface area contributed by atoms with Crippen molar-refractivity contribution in [1.29, 1.82) is 0 Å². The van der Waals surface area contributed by atoms with Gasteiger partial charge in [0.25, 0.3) is 0 Å². The zero-order valence-electron chi connectivity index (χ0n) is 13.1. The normalized spacial score (nSPS) is 19.7. The lowest BCUT2D eigenvalue weighted by Gasteiger charge is -2.35. The van der Waals surface area contributed by atoms with E-state index >= 15 is 0 Å². The first-order valence-corrected chi connectivity index (χ1v) is 8.34. The minimum absolute atomic E-state index is 0.154. The summed E-state index contributed by atoms with van der Waals surface area (Å²) in [5, 5.41) is 19.4. The maximum Gasteiger partial charge on any atom is 0.235 e. The zero-order valence-corrected chi connectivity index (χ0v) is 14.7. The highest BCUT2D eigenvalue weighted by atomic mass is 35.5. The molecule has 1 saturated heterocycles. The van der Waals surface area contributed by atoms with E-state index in [0.717, 1.165) is 5.56 Å². The number of thiocarbonyl (C=S) groups is 1. The van der Waals surface area contributed by atoms with E-state index in [9.17, 15) is 9.90 Å². The Bertz CT molecular complexity index is 821. The molecule has 3 rings (SSSR count). The van der Waals surface area contributed by atoms with Crippen LogP contribution in [0.15, 0.2) is 60.8 Å². The van der Waals surface area contributed by atoms with Crippen molar-refractivity contribution in [3.8, 4) is 5.75 Å². The SMILES string of the molecule is C=C1NC(=S)NC(c2ccc(O)cc2)C1C(=O)Nc1ccc(Cl)cc1. The number of aromatic hydroxyl groups is 1. The number of phenolic OH excluding ortho intramolecular Hbond substituents is 1. The molecule has 0 aliphatic carbocycles. The van der Waals surface area contributed by atoms with Crippen molar-refractivity contribution in [3.05, 3.63) is 71.4 Å². The number of hydrogen-bond donors (Lipinski definition) is 4. The first-order valence-electron chi connectivity index (χ1n) is 7.56. The summed E-state index contributed by atoms with van der Waals surface area (Å²) in [6, 6.07) is 13.1. The lowest BCUT2D eigenvalue weighted by atomic mass is 9.88. The molecule has 1 fully saturated rings. The fourth-order valence-corrected chi connectivity index (χ4v) is 3.09. The second kappa shape index (κ2) is 7.13. The Morgan fingerprint density at radius 3 is 2.44 bits per heavy atom. The molecule has 2 aromatic rings. The van der Waals surface area contributed by atoms with Gasteiger partial charge in [0.05, 0.1) is 6.04 Å². The fourth-order valence-electron chi connectivity index (χ4n) is 2.71. The molecule has 0 spiro atoms. The Labute approximate surface area is 155 Å². The monoisotopic (exact) mass is 373 g/mol. The highest BCUT2D eigenvalue weighted by molar-refractivity contribution is 7.80. The summed E-state index contributed by atoms with van der Waals surface area (Å²) in [6.07, 6.45) is 0. The number of nitrogens with one attached hydrogen (secondary N) is 3. The molecule has 0 aromatic heterocycles. The van der Waals surface area contributed by atoms with Gasteiger partial charge in [0.2, 0.25) is 5.91 Å². The van der Waals surface area contributed by atoms with E-state index in [0.29, 0.717) is 21.5 Å². The summed E-state index contributed by atoms with van der Waals surface area (Å²) in [6.45, 7) is 3.95. The standard InChI is InChI=1S/C18H16ClN3O2S/c1-10-15(17(24)21-13-6-4-12(19)5-7-13)16(22-18(25)20-10)11-2-8-14(23)9-3-11/h2-9,15-16,23H,1H2,(H,21,24)(H2,20,22,25). The van der Waals surface area contributed by atoms with Crippen molar-refractivity contribution in [2.45, 2.75) is 6.04 Å². The van der Waals surface area contributed by atoms with E-state index in [4.69, 9.17) is 23.8 Å². The van der Waals surface area contributed by atoms with Crippen LogP contribution < -0.4 is 16.0 Å². The summed E-state index contributed by atoms with van der Waals surface area (Å²) in [4.78, 5) is 12.8. The summed E-state index contributed by atoms with van der Waals surface area (Å²) in [7, 11) is 0. The van der Waals surface area contributed by atoms with Crippen LogP contribution in [0, 0.1) is 5.92 Å². The third kappa shape index (κ3) is 3.92. The highest BCUT2D eigenvalue weighted by Crippen LogP contribution is 2.31. The number of halogens is 1. The number of rotatable bonds is 3. The smallest absolute Gasteiger partial charge is 0.235 e. The molecule has 1 heterocycles. The van der Waals surface area contributed by atoms with Gasteiger partial charge in [-0.3, -0.25) is 4.79 Å². The summed E-state index contributed by atoms with van der Waals surface area (Å²) < 4.78 is 0. The molecule has 4 N–H and O–H groups in total. The van der Waals surface area contributed by atoms with Crippen molar-refractivity contribution >= 4 is 40.5 Å². The lowest BCUT2D eigenvalue weighted by Crippen LogP contribution is -2.51. The van der Waals surface area contributed by atoms with Crippen LogP contribution in [0.1, 0.15) is 11.6 Å². The molecule has 2 atom stereocenters. The Morgan fingerprint density at radius 1 is 1.16 bits per heavy atom. The van der Waals surface area contributed by atoms with Crippen LogP contribution >= 0.6 is 23.8 Å². The highest BCUT2D eigenvalue weighted by Gasteiger charge is 2.36. The molecule has 128 valence electrons. The van der Waals surface area contributed by atoms with E-state index in [1.54, 1.807) is 48.5 Å². The van der Waals surface area contributed by atoms with Crippen LogP contribution in [-0.4, -0.2) is 16.1 Å². The topological polar surface area (TPSA) is 73.4 Å².